The summed E-state index contributed by atoms with van der Waals surface area (Å²) in [5.41, 5.74) is 0.836. The van der Waals surface area contributed by atoms with E-state index in [1.807, 2.05) is 0 Å². The normalized spacial score (nSPS) is 17.8. The molecule has 1 aliphatic rings. The number of pyridine rings is 1. The Morgan fingerprint density at radius 3 is 3.00 bits per heavy atom. The Hall–Kier alpha value is -1.36. The van der Waals surface area contributed by atoms with Crippen LogP contribution in [0.25, 0.3) is 10.2 Å². The molecule has 0 unspecified atom stereocenters. The summed E-state index contributed by atoms with van der Waals surface area (Å²) in [5.74, 6) is 0.821. The Kier molecular flexibility index (Phi) is 2.63. The molecule has 1 N–H and O–H groups in total. The molecule has 5 heteroatoms. The van der Waals surface area contributed by atoms with Gasteiger partial charge in [-0.2, -0.15) is 0 Å². The Morgan fingerprint density at radius 2 is 2.24 bits per heavy atom. The van der Waals surface area contributed by atoms with E-state index in [0.717, 1.165) is 34.4 Å². The van der Waals surface area contributed by atoms with Crippen molar-refractivity contribution in [3.63, 3.8) is 0 Å². The highest BCUT2D eigenvalue weighted by Crippen LogP contribution is 2.30. The van der Waals surface area contributed by atoms with E-state index in [1.54, 1.807) is 23.6 Å². The highest BCUT2D eigenvalue weighted by atomic mass is 32.1. The van der Waals surface area contributed by atoms with Crippen LogP contribution in [0.5, 0.6) is 0 Å². The van der Waals surface area contributed by atoms with Gasteiger partial charge in [0.2, 0.25) is 5.56 Å². The molecular weight excluding hydrogens is 234 g/mol. The fraction of sp³-hybridized carbons (Fsp3) is 0.500. The van der Waals surface area contributed by atoms with Gasteiger partial charge in [0, 0.05) is 25.4 Å². The molecule has 0 aromatic carbocycles. The Balaban J connectivity index is 1.93. The molecule has 0 saturated carbocycles. The number of hydrogen-bond donors (Lipinski definition) is 1. The summed E-state index contributed by atoms with van der Waals surface area (Å²) in [6.45, 7) is 4.46. The van der Waals surface area contributed by atoms with Crippen LogP contribution in [0.2, 0.25) is 0 Å². The fourth-order valence-electron chi connectivity index (χ4n) is 2.17. The summed E-state index contributed by atoms with van der Waals surface area (Å²) in [4.78, 5) is 20.8. The number of aromatic nitrogens is 2. The van der Waals surface area contributed by atoms with Crippen LogP contribution >= 0.6 is 11.3 Å². The molecule has 0 atom stereocenters. The third kappa shape index (κ3) is 2.07. The van der Waals surface area contributed by atoms with E-state index in [9.17, 15) is 4.79 Å². The first-order valence-electron chi connectivity index (χ1n) is 5.96. The lowest BCUT2D eigenvalue weighted by Gasteiger charge is -2.29. The highest BCUT2D eigenvalue weighted by molar-refractivity contribution is 7.22. The zero-order chi connectivity index (χ0) is 11.8. The van der Waals surface area contributed by atoms with Crippen LogP contribution in [0.1, 0.15) is 19.8 Å². The van der Waals surface area contributed by atoms with Crippen LogP contribution in [0.3, 0.4) is 0 Å². The van der Waals surface area contributed by atoms with E-state index in [-0.39, 0.29) is 5.56 Å². The zero-order valence-corrected chi connectivity index (χ0v) is 10.6. The smallest absolute Gasteiger partial charge is 0.249 e. The maximum Gasteiger partial charge on any atom is 0.249 e. The van der Waals surface area contributed by atoms with Crippen molar-refractivity contribution in [2.75, 3.05) is 18.0 Å². The number of piperidine rings is 1. The molecule has 1 fully saturated rings. The molecule has 3 rings (SSSR count). The lowest BCUT2D eigenvalue weighted by molar-refractivity contribution is 0.438. The van der Waals surface area contributed by atoms with Crippen LogP contribution in [0.15, 0.2) is 17.1 Å². The van der Waals surface area contributed by atoms with Crippen molar-refractivity contribution < 1.29 is 0 Å². The Labute approximate surface area is 103 Å². The Morgan fingerprint density at radius 1 is 1.47 bits per heavy atom. The summed E-state index contributed by atoms with van der Waals surface area (Å²) in [6, 6.07) is 1.63. The maximum absolute atomic E-state index is 11.2. The summed E-state index contributed by atoms with van der Waals surface area (Å²) in [7, 11) is 0. The van der Waals surface area contributed by atoms with Gasteiger partial charge in [-0.1, -0.05) is 18.3 Å². The van der Waals surface area contributed by atoms with Gasteiger partial charge in [-0.25, -0.2) is 4.98 Å². The standard InChI is InChI=1S/C12H15N3OS/c1-8-2-4-15(5-3-8)12-14-9-7-13-11(16)6-10(9)17-12/h6-8H,2-5H2,1H3,(H,13,16). The lowest BCUT2D eigenvalue weighted by Crippen LogP contribution is -2.32. The number of nitrogens with zero attached hydrogens (tertiary/aromatic N) is 2. The minimum absolute atomic E-state index is 0.0556. The topological polar surface area (TPSA) is 49.0 Å². The van der Waals surface area contributed by atoms with Crippen LogP contribution < -0.4 is 10.5 Å². The van der Waals surface area contributed by atoms with Crippen molar-refractivity contribution >= 4 is 26.7 Å². The molecule has 0 aliphatic carbocycles. The molecule has 0 radical (unpaired) electrons. The number of hydrogen-bond acceptors (Lipinski definition) is 4. The molecule has 2 aromatic heterocycles. The maximum atomic E-state index is 11.2. The van der Waals surface area contributed by atoms with Gasteiger partial charge in [0.1, 0.15) is 0 Å². The summed E-state index contributed by atoms with van der Waals surface area (Å²) in [6.07, 6.45) is 4.16. The molecule has 0 spiro atoms. The van der Waals surface area contributed by atoms with Crippen molar-refractivity contribution in [3.05, 3.63) is 22.6 Å². The third-order valence-corrected chi connectivity index (χ3v) is 4.42. The third-order valence-electron chi connectivity index (χ3n) is 3.34. The second-order valence-corrected chi connectivity index (χ2v) is 5.72. The van der Waals surface area contributed by atoms with Gasteiger partial charge in [0.25, 0.3) is 0 Å². The summed E-state index contributed by atoms with van der Waals surface area (Å²) < 4.78 is 0.974. The molecule has 90 valence electrons. The predicted octanol–water partition coefficient (Wildman–Crippen LogP) is 2.22. The second-order valence-electron chi connectivity index (χ2n) is 4.71. The van der Waals surface area contributed by atoms with Gasteiger partial charge < -0.3 is 9.88 Å². The number of nitrogens with one attached hydrogen (secondary N) is 1. The number of rotatable bonds is 1. The number of thiazole rings is 1. The van der Waals surface area contributed by atoms with E-state index in [4.69, 9.17) is 0 Å². The van der Waals surface area contributed by atoms with Crippen molar-refractivity contribution in [1.82, 2.24) is 9.97 Å². The number of H-pyrrole nitrogens is 1. The van der Waals surface area contributed by atoms with Gasteiger partial charge >= 0.3 is 0 Å². The van der Waals surface area contributed by atoms with E-state index < -0.39 is 0 Å². The quantitative estimate of drug-likeness (QED) is 0.843. The molecule has 4 nitrogen and oxygen atoms in total. The van der Waals surface area contributed by atoms with Crippen molar-refractivity contribution in [3.8, 4) is 0 Å². The second kappa shape index (κ2) is 4.14. The van der Waals surface area contributed by atoms with Gasteiger partial charge in [-0.3, -0.25) is 4.79 Å². The van der Waals surface area contributed by atoms with Gasteiger partial charge in [-0.15, -0.1) is 0 Å². The Bertz CT molecular complexity index is 581. The first kappa shape index (κ1) is 10.8. The number of anilines is 1. The lowest BCUT2D eigenvalue weighted by atomic mass is 10.00. The molecular formula is C12H15N3OS. The molecule has 17 heavy (non-hydrogen) atoms. The van der Waals surface area contributed by atoms with E-state index in [2.05, 4.69) is 21.8 Å². The zero-order valence-electron chi connectivity index (χ0n) is 9.77. The average molecular weight is 249 g/mol. The van der Waals surface area contributed by atoms with Crippen LogP contribution in [-0.2, 0) is 0 Å². The van der Waals surface area contributed by atoms with Crippen molar-refractivity contribution in [1.29, 1.82) is 0 Å². The van der Waals surface area contributed by atoms with E-state index >= 15 is 0 Å². The van der Waals surface area contributed by atoms with Gasteiger partial charge in [0.15, 0.2) is 5.13 Å². The summed E-state index contributed by atoms with van der Waals surface area (Å²) in [5, 5.41) is 1.05. The number of aromatic amines is 1. The van der Waals surface area contributed by atoms with Crippen LogP contribution in [-0.4, -0.2) is 23.1 Å². The average Bonchev–Trinajstić information content (AvgIpc) is 2.72. The minimum atomic E-state index is -0.0556. The molecule has 1 aliphatic heterocycles. The van der Waals surface area contributed by atoms with Gasteiger partial charge in [-0.05, 0) is 18.8 Å². The van der Waals surface area contributed by atoms with Gasteiger partial charge in [0.05, 0.1) is 10.2 Å². The fourth-order valence-corrected chi connectivity index (χ4v) is 3.20. The molecule has 1 saturated heterocycles. The molecule has 2 aromatic rings. The molecule has 0 amide bonds. The van der Waals surface area contributed by atoms with E-state index in [1.165, 1.54) is 12.8 Å². The first-order valence-corrected chi connectivity index (χ1v) is 6.78. The minimum Gasteiger partial charge on any atom is -0.348 e. The summed E-state index contributed by atoms with van der Waals surface area (Å²) >= 11 is 1.61. The van der Waals surface area contributed by atoms with E-state index in [0.29, 0.717) is 0 Å². The van der Waals surface area contributed by atoms with Crippen LogP contribution in [0, 0.1) is 5.92 Å². The van der Waals surface area contributed by atoms with Crippen molar-refractivity contribution in [2.24, 2.45) is 5.92 Å². The highest BCUT2D eigenvalue weighted by Gasteiger charge is 2.18. The predicted molar refractivity (Wildman–Crippen MR) is 70.9 cm³/mol. The molecule has 3 heterocycles. The number of fused-ring (bicyclic) bond motifs is 1. The van der Waals surface area contributed by atoms with Crippen LogP contribution in [0.4, 0.5) is 5.13 Å². The van der Waals surface area contributed by atoms with Crippen molar-refractivity contribution in [2.45, 2.75) is 19.8 Å². The largest absolute Gasteiger partial charge is 0.348 e. The monoisotopic (exact) mass is 249 g/mol. The molecule has 0 bridgehead atoms. The first-order chi connectivity index (χ1) is 8.22. The SMILES string of the molecule is CC1CCN(c2nc3c[nH]c(=O)cc3s2)CC1.